The molecule has 2 aliphatic carbocycles. The number of unbranched alkanes of at least 4 members (excludes halogenated alkanes) is 9. The molecule has 0 spiro atoms. The van der Waals surface area contributed by atoms with E-state index in [1.807, 2.05) is 54.6 Å². The van der Waals surface area contributed by atoms with Gasteiger partial charge in [-0.25, -0.2) is 9.59 Å². The molecule has 466 valence electrons. The van der Waals surface area contributed by atoms with E-state index in [9.17, 15) is 28.8 Å². The zero-order chi connectivity index (χ0) is 61.9. The number of ether oxygens (including phenoxy) is 9. The lowest BCUT2D eigenvalue weighted by Gasteiger charge is -2.26. The summed E-state index contributed by atoms with van der Waals surface area (Å²) < 4.78 is 51.4. The lowest BCUT2D eigenvalue weighted by Crippen LogP contribution is -2.30. The molecule has 2 fully saturated rings. The third-order valence-electron chi connectivity index (χ3n) is 15.9. The van der Waals surface area contributed by atoms with Crippen LogP contribution in [0.4, 0.5) is 0 Å². The van der Waals surface area contributed by atoms with E-state index in [-0.39, 0.29) is 47.5 Å². The van der Waals surface area contributed by atoms with Gasteiger partial charge in [0.15, 0.2) is 0 Å². The third-order valence-corrected chi connectivity index (χ3v) is 17.0. The zero-order valence-electron chi connectivity index (χ0n) is 50.6. The minimum atomic E-state index is -0.408. The highest BCUT2D eigenvalue weighted by Gasteiger charge is 2.34. The smallest absolute Gasteiger partial charge is 0.330 e. The molecule has 6 aromatic rings. The van der Waals surface area contributed by atoms with E-state index < -0.39 is 11.9 Å². The van der Waals surface area contributed by atoms with Gasteiger partial charge in [-0.15, -0.1) is 0 Å². The van der Waals surface area contributed by atoms with Gasteiger partial charge in [0.2, 0.25) is 0 Å². The Balaban J connectivity index is 0.832. The van der Waals surface area contributed by atoms with Crippen LogP contribution >= 0.6 is 11.8 Å². The molecule has 0 heterocycles. The van der Waals surface area contributed by atoms with Gasteiger partial charge in [-0.1, -0.05) is 63.2 Å². The normalized spacial score (nSPS) is 16.4. The Morgan fingerprint density at radius 1 is 0.386 bits per heavy atom. The predicted molar refractivity (Wildman–Crippen MR) is 338 cm³/mol. The molecule has 0 N–H and O–H groups in total. The Bertz CT molecular complexity index is 3270. The molecular weight excluding hydrogens is 1140 g/mol. The van der Waals surface area contributed by atoms with Gasteiger partial charge in [0.05, 0.1) is 56.7 Å². The summed E-state index contributed by atoms with van der Waals surface area (Å²) in [5.74, 6) is 0.286. The number of rotatable bonds is 34. The minimum absolute atomic E-state index is 0.323. The number of hydrogen-bond acceptors (Lipinski definition) is 16. The lowest BCUT2D eigenvalue weighted by molar-refractivity contribution is -0.145. The van der Waals surface area contributed by atoms with Gasteiger partial charge in [0.25, 0.3) is 0 Å². The Morgan fingerprint density at radius 2 is 0.727 bits per heavy atom. The molecule has 0 bridgehead atoms. The SMILES string of the molecule is C=CC(=O)OCCCCCCOc1ccc(OC(=O)C2CCC(C(=O)Oc3ccc4c(c3)cc(Sc3ccc(OCCCCCC)cc3)c3cc(OC(=O)C5CCC(C(=O)Oc6ccc(OCCCCCCOC(=O)C=C)cc6)CC5)ccc34)CC2)cc1. The molecule has 0 amide bonds. The second-order valence-corrected chi connectivity index (χ2v) is 23.6. The van der Waals surface area contributed by atoms with E-state index >= 15 is 0 Å². The number of hydrogen-bond donors (Lipinski definition) is 0. The molecule has 0 aromatic heterocycles. The summed E-state index contributed by atoms with van der Waals surface area (Å²) in [6, 6.07) is 35.4. The molecule has 2 saturated carbocycles. The van der Waals surface area contributed by atoms with Crippen LogP contribution in [0.2, 0.25) is 0 Å². The molecule has 0 atom stereocenters. The van der Waals surface area contributed by atoms with Crippen molar-refractivity contribution < 1.29 is 71.4 Å². The average Bonchev–Trinajstić information content (AvgIpc) is 1.08. The molecule has 0 aliphatic heterocycles. The standard InChI is InChI=1S/C72H82O15S/c1-4-7-8-13-42-81-57-34-38-62(39-35-57)88-66-48-54-47-60(86-71(77)52-22-18-50(19-23-52)69(75)84-58-30-26-55(27-31-58)79-43-14-9-11-16-45-82-67(73)5-2)36-40-63(54)64-41-37-61(49-65(64)66)87-72(78)53-24-20-51(21-25-53)70(76)85-59-32-28-56(29-33-59)80-44-15-10-12-17-46-83-68(74)6-3/h5-6,26-41,47-53H,2-4,7-25,42-46H2,1H3. The maximum absolute atomic E-state index is 13.8. The number of benzene rings is 6. The fourth-order valence-electron chi connectivity index (χ4n) is 10.8. The first-order valence-corrected chi connectivity index (χ1v) is 32.1. The van der Waals surface area contributed by atoms with E-state index in [1.165, 1.54) is 6.42 Å². The molecule has 0 radical (unpaired) electrons. The van der Waals surface area contributed by atoms with Crippen molar-refractivity contribution in [3.05, 3.63) is 141 Å². The van der Waals surface area contributed by atoms with Gasteiger partial charge in [-0.05, 0) is 234 Å². The molecular formula is C72H82O15S. The van der Waals surface area contributed by atoms with Gasteiger partial charge in [-0.2, -0.15) is 0 Å². The van der Waals surface area contributed by atoms with Crippen molar-refractivity contribution in [3.8, 4) is 40.2 Å². The predicted octanol–water partition coefficient (Wildman–Crippen LogP) is 16.1. The zero-order valence-corrected chi connectivity index (χ0v) is 51.4. The summed E-state index contributed by atoms with van der Waals surface area (Å²) in [4.78, 5) is 78.3. The summed E-state index contributed by atoms with van der Waals surface area (Å²) >= 11 is 1.57. The van der Waals surface area contributed by atoms with Crippen LogP contribution in [-0.2, 0) is 38.2 Å². The number of carbonyl (C=O) groups is 6. The first-order chi connectivity index (χ1) is 42.9. The molecule has 16 heteroatoms. The van der Waals surface area contributed by atoms with Crippen LogP contribution in [0.5, 0.6) is 40.2 Å². The van der Waals surface area contributed by atoms with Gasteiger partial charge in [0.1, 0.15) is 40.2 Å². The summed E-state index contributed by atoms with van der Waals surface area (Å²) in [6.45, 7) is 11.5. The van der Waals surface area contributed by atoms with Crippen LogP contribution in [-0.4, -0.2) is 68.9 Å². The first kappa shape index (κ1) is 65.9. The van der Waals surface area contributed by atoms with E-state index in [0.29, 0.717) is 119 Å². The van der Waals surface area contributed by atoms with Crippen molar-refractivity contribution in [1.82, 2.24) is 0 Å². The van der Waals surface area contributed by atoms with Crippen LogP contribution in [0.25, 0.3) is 21.5 Å². The number of esters is 6. The van der Waals surface area contributed by atoms with Gasteiger partial charge < -0.3 is 42.6 Å². The molecule has 6 aromatic carbocycles. The van der Waals surface area contributed by atoms with Crippen LogP contribution in [0.3, 0.4) is 0 Å². The summed E-state index contributed by atoms with van der Waals surface area (Å²) in [6.07, 6.45) is 17.8. The molecule has 0 saturated heterocycles. The Labute approximate surface area is 520 Å². The highest BCUT2D eigenvalue weighted by atomic mass is 32.2. The number of fused-ring (bicyclic) bond motifs is 3. The van der Waals surface area contributed by atoms with E-state index in [4.69, 9.17) is 42.6 Å². The van der Waals surface area contributed by atoms with Crippen molar-refractivity contribution >= 4 is 69.1 Å². The Morgan fingerprint density at radius 3 is 1.14 bits per heavy atom. The van der Waals surface area contributed by atoms with Crippen LogP contribution < -0.4 is 33.2 Å². The molecule has 2 aliphatic rings. The van der Waals surface area contributed by atoms with Crippen molar-refractivity contribution in [3.63, 3.8) is 0 Å². The largest absolute Gasteiger partial charge is 0.494 e. The van der Waals surface area contributed by atoms with Gasteiger partial charge >= 0.3 is 35.8 Å². The highest BCUT2D eigenvalue weighted by Crippen LogP contribution is 2.42. The van der Waals surface area contributed by atoms with Crippen molar-refractivity contribution in [1.29, 1.82) is 0 Å². The fourth-order valence-corrected chi connectivity index (χ4v) is 11.8. The van der Waals surface area contributed by atoms with Crippen LogP contribution in [0, 0.1) is 23.7 Å². The lowest BCUT2D eigenvalue weighted by atomic mass is 9.82. The van der Waals surface area contributed by atoms with Gasteiger partial charge in [0, 0.05) is 21.9 Å². The molecule has 15 nitrogen and oxygen atoms in total. The van der Waals surface area contributed by atoms with E-state index in [1.54, 1.807) is 66.4 Å². The maximum atomic E-state index is 13.8. The van der Waals surface area contributed by atoms with Gasteiger partial charge in [-0.3, -0.25) is 19.2 Å². The molecule has 88 heavy (non-hydrogen) atoms. The quantitative estimate of drug-likeness (QED) is 0.0122. The Hall–Kier alpha value is -8.11. The van der Waals surface area contributed by atoms with Crippen molar-refractivity contribution in [2.45, 2.75) is 145 Å². The minimum Gasteiger partial charge on any atom is -0.494 e. The second-order valence-electron chi connectivity index (χ2n) is 22.4. The monoisotopic (exact) mass is 1220 g/mol. The van der Waals surface area contributed by atoms with Crippen molar-refractivity contribution in [2.24, 2.45) is 23.7 Å². The van der Waals surface area contributed by atoms with Crippen molar-refractivity contribution in [2.75, 3.05) is 33.0 Å². The second kappa shape index (κ2) is 35.0. The average molecular weight is 1220 g/mol. The molecule has 0 unspecified atom stereocenters. The molecule has 8 rings (SSSR count). The van der Waals surface area contributed by atoms with E-state index in [2.05, 4.69) is 26.1 Å². The highest BCUT2D eigenvalue weighted by molar-refractivity contribution is 7.99. The van der Waals surface area contributed by atoms with E-state index in [0.717, 1.165) is 120 Å². The summed E-state index contributed by atoms with van der Waals surface area (Å²) in [7, 11) is 0. The number of carbonyl (C=O) groups excluding carboxylic acids is 6. The maximum Gasteiger partial charge on any atom is 0.330 e. The Kier molecular flexibility index (Phi) is 26.2. The van der Waals surface area contributed by atoms with Crippen LogP contribution in [0.1, 0.15) is 135 Å². The fraction of sp³-hybridized carbons (Fsp3) is 0.417. The van der Waals surface area contributed by atoms with Crippen LogP contribution in [0.15, 0.2) is 150 Å². The third kappa shape index (κ3) is 20.8. The first-order valence-electron chi connectivity index (χ1n) is 31.3. The topological polar surface area (TPSA) is 185 Å². The summed E-state index contributed by atoms with van der Waals surface area (Å²) in [5, 5.41) is 3.61. The summed E-state index contributed by atoms with van der Waals surface area (Å²) in [5.41, 5.74) is 0.